The molecule has 0 unspecified atom stereocenters. The lowest BCUT2D eigenvalue weighted by molar-refractivity contribution is -0.123. The Morgan fingerprint density at radius 2 is 2.06 bits per heavy atom. The summed E-state index contributed by atoms with van der Waals surface area (Å²) >= 11 is 0. The van der Waals surface area contributed by atoms with Crippen LogP contribution >= 0.6 is 12.4 Å². The number of rotatable bonds is 3. The smallest absolute Gasteiger partial charge is 0.250 e. The van der Waals surface area contributed by atoms with Crippen molar-refractivity contribution in [1.82, 2.24) is 4.57 Å². The molecule has 0 aliphatic rings. The summed E-state index contributed by atoms with van der Waals surface area (Å²) in [6, 6.07) is 2.98. The molecule has 1 aromatic heterocycles. The Kier molecular flexibility index (Phi) is 5.38. The van der Waals surface area contributed by atoms with Crippen LogP contribution in [0.1, 0.15) is 13.8 Å². The SMILES string of the molecule is Cl.Cn1cc(NC(=O)C(C)(C)CN)ccc1=O. The van der Waals surface area contributed by atoms with Gasteiger partial charge in [-0.2, -0.15) is 0 Å². The summed E-state index contributed by atoms with van der Waals surface area (Å²) in [7, 11) is 1.63. The summed E-state index contributed by atoms with van der Waals surface area (Å²) in [5.41, 5.74) is 5.36. The van der Waals surface area contributed by atoms with Crippen molar-refractivity contribution in [2.75, 3.05) is 11.9 Å². The second-order valence-electron chi connectivity index (χ2n) is 4.41. The first-order valence-electron chi connectivity index (χ1n) is 5.05. The number of nitrogens with two attached hydrogens (primary N) is 1. The predicted molar refractivity (Wildman–Crippen MR) is 70.4 cm³/mol. The molecule has 6 heteroatoms. The normalized spacial score (nSPS) is 10.6. The molecular weight excluding hydrogens is 242 g/mol. The number of aromatic nitrogens is 1. The van der Waals surface area contributed by atoms with Crippen LogP contribution in [0.2, 0.25) is 0 Å². The van der Waals surface area contributed by atoms with Crippen LogP contribution in [-0.2, 0) is 11.8 Å². The fourth-order valence-electron chi connectivity index (χ4n) is 1.06. The van der Waals surface area contributed by atoms with Gasteiger partial charge in [0.25, 0.3) is 0 Å². The molecule has 5 nitrogen and oxygen atoms in total. The first-order valence-corrected chi connectivity index (χ1v) is 5.05. The molecule has 0 bridgehead atoms. The minimum Gasteiger partial charge on any atom is -0.329 e. The molecule has 0 spiro atoms. The number of hydrogen-bond donors (Lipinski definition) is 2. The van der Waals surface area contributed by atoms with E-state index in [2.05, 4.69) is 5.32 Å². The zero-order chi connectivity index (χ0) is 12.3. The topological polar surface area (TPSA) is 77.1 Å². The molecule has 0 atom stereocenters. The Balaban J connectivity index is 0.00000256. The Morgan fingerprint density at radius 3 is 2.53 bits per heavy atom. The van der Waals surface area contributed by atoms with Crippen molar-refractivity contribution < 1.29 is 4.79 Å². The monoisotopic (exact) mass is 259 g/mol. The highest BCUT2D eigenvalue weighted by atomic mass is 35.5. The standard InChI is InChI=1S/C11H17N3O2.ClH/c1-11(2,7-12)10(16)13-8-4-5-9(15)14(3)6-8;/h4-6H,7,12H2,1-3H3,(H,13,16);1H. The summed E-state index contributed by atoms with van der Waals surface area (Å²) in [4.78, 5) is 22.9. The molecule has 17 heavy (non-hydrogen) atoms. The summed E-state index contributed by atoms with van der Waals surface area (Å²) in [5, 5.41) is 2.72. The molecule has 96 valence electrons. The predicted octanol–water partition coefficient (Wildman–Crippen LogP) is 0.731. The number of pyridine rings is 1. The van der Waals surface area contributed by atoms with Crippen LogP contribution in [0.3, 0.4) is 0 Å². The summed E-state index contributed by atoms with van der Waals surface area (Å²) in [6.07, 6.45) is 1.58. The Morgan fingerprint density at radius 1 is 1.47 bits per heavy atom. The highest BCUT2D eigenvalue weighted by Gasteiger charge is 2.25. The summed E-state index contributed by atoms with van der Waals surface area (Å²) in [5.74, 6) is -0.159. The lowest BCUT2D eigenvalue weighted by Crippen LogP contribution is -2.37. The van der Waals surface area contributed by atoms with Crippen LogP contribution < -0.4 is 16.6 Å². The van der Waals surface area contributed by atoms with E-state index in [4.69, 9.17) is 5.73 Å². The van der Waals surface area contributed by atoms with E-state index in [-0.39, 0.29) is 30.4 Å². The lowest BCUT2D eigenvalue weighted by Gasteiger charge is -2.21. The van der Waals surface area contributed by atoms with E-state index >= 15 is 0 Å². The van der Waals surface area contributed by atoms with Gasteiger partial charge in [0.1, 0.15) is 0 Å². The van der Waals surface area contributed by atoms with E-state index < -0.39 is 5.41 Å². The van der Waals surface area contributed by atoms with Gasteiger partial charge in [-0.25, -0.2) is 0 Å². The maximum absolute atomic E-state index is 11.8. The van der Waals surface area contributed by atoms with Crippen molar-refractivity contribution in [3.05, 3.63) is 28.7 Å². The van der Waals surface area contributed by atoms with E-state index in [1.165, 1.54) is 10.6 Å². The van der Waals surface area contributed by atoms with Gasteiger partial charge in [-0.05, 0) is 19.9 Å². The van der Waals surface area contributed by atoms with Crippen LogP contribution in [0.4, 0.5) is 5.69 Å². The third-order valence-corrected chi connectivity index (χ3v) is 2.47. The molecule has 1 aromatic rings. The number of aryl methyl sites for hydroxylation is 1. The summed E-state index contributed by atoms with van der Waals surface area (Å²) < 4.78 is 1.41. The fraction of sp³-hybridized carbons (Fsp3) is 0.455. The molecule has 1 heterocycles. The number of amides is 1. The van der Waals surface area contributed by atoms with E-state index in [0.717, 1.165) is 0 Å². The number of nitrogens with zero attached hydrogens (tertiary/aromatic N) is 1. The van der Waals surface area contributed by atoms with Crippen LogP contribution in [0.25, 0.3) is 0 Å². The van der Waals surface area contributed by atoms with Crippen LogP contribution in [-0.4, -0.2) is 17.0 Å². The van der Waals surface area contributed by atoms with Crippen molar-refractivity contribution in [3.8, 4) is 0 Å². The first kappa shape index (κ1) is 15.7. The molecule has 0 radical (unpaired) electrons. The third kappa shape index (κ3) is 3.87. The van der Waals surface area contributed by atoms with Gasteiger partial charge in [-0.3, -0.25) is 9.59 Å². The van der Waals surface area contributed by atoms with Crippen molar-refractivity contribution in [2.45, 2.75) is 13.8 Å². The van der Waals surface area contributed by atoms with Crippen molar-refractivity contribution >= 4 is 24.0 Å². The summed E-state index contributed by atoms with van der Waals surface area (Å²) in [6.45, 7) is 3.80. The van der Waals surface area contributed by atoms with Crippen molar-refractivity contribution in [2.24, 2.45) is 18.2 Å². The van der Waals surface area contributed by atoms with Crippen LogP contribution in [0, 0.1) is 5.41 Å². The van der Waals surface area contributed by atoms with Gasteiger partial charge in [0.15, 0.2) is 0 Å². The highest BCUT2D eigenvalue weighted by Crippen LogP contribution is 2.15. The molecular formula is C11H18ClN3O2. The Bertz CT molecular complexity index is 454. The molecule has 0 aliphatic heterocycles. The Hall–Kier alpha value is -1.33. The van der Waals surface area contributed by atoms with Gasteiger partial charge in [0.05, 0.1) is 11.1 Å². The van der Waals surface area contributed by atoms with Gasteiger partial charge >= 0.3 is 0 Å². The van der Waals surface area contributed by atoms with E-state index in [1.54, 1.807) is 33.2 Å². The van der Waals surface area contributed by atoms with Gasteiger partial charge in [0.2, 0.25) is 11.5 Å². The Labute approximate surface area is 106 Å². The van der Waals surface area contributed by atoms with Crippen molar-refractivity contribution in [3.63, 3.8) is 0 Å². The molecule has 1 rings (SSSR count). The zero-order valence-electron chi connectivity index (χ0n) is 10.2. The zero-order valence-corrected chi connectivity index (χ0v) is 11.0. The average Bonchev–Trinajstić information content (AvgIpc) is 2.23. The minimum atomic E-state index is -0.616. The fourth-order valence-corrected chi connectivity index (χ4v) is 1.06. The number of hydrogen-bond acceptors (Lipinski definition) is 3. The van der Waals surface area contributed by atoms with E-state index in [1.807, 2.05) is 0 Å². The van der Waals surface area contributed by atoms with Gasteiger partial charge < -0.3 is 15.6 Å². The quantitative estimate of drug-likeness (QED) is 0.840. The molecule has 0 aromatic carbocycles. The first-order chi connectivity index (χ1) is 7.36. The van der Waals surface area contributed by atoms with Gasteiger partial charge in [-0.15, -0.1) is 12.4 Å². The van der Waals surface area contributed by atoms with Crippen molar-refractivity contribution in [1.29, 1.82) is 0 Å². The number of nitrogens with one attached hydrogen (secondary N) is 1. The second-order valence-corrected chi connectivity index (χ2v) is 4.41. The molecule has 0 aliphatic carbocycles. The van der Waals surface area contributed by atoms with E-state index in [0.29, 0.717) is 5.69 Å². The van der Waals surface area contributed by atoms with E-state index in [9.17, 15) is 9.59 Å². The maximum Gasteiger partial charge on any atom is 0.250 e. The molecule has 0 fully saturated rings. The van der Waals surface area contributed by atoms with Gasteiger partial charge in [-0.1, -0.05) is 0 Å². The van der Waals surface area contributed by atoms with Crippen LogP contribution in [0.15, 0.2) is 23.1 Å². The molecule has 3 N–H and O–H groups in total. The minimum absolute atomic E-state index is 0. The maximum atomic E-state index is 11.8. The van der Waals surface area contributed by atoms with Crippen LogP contribution in [0.5, 0.6) is 0 Å². The average molecular weight is 260 g/mol. The molecule has 0 saturated heterocycles. The number of carbonyl (C=O) groups is 1. The third-order valence-electron chi connectivity index (χ3n) is 2.47. The number of halogens is 1. The molecule has 1 amide bonds. The van der Waals surface area contributed by atoms with Gasteiger partial charge in [0, 0.05) is 25.9 Å². The largest absolute Gasteiger partial charge is 0.329 e. The number of anilines is 1. The highest BCUT2D eigenvalue weighted by molar-refractivity contribution is 5.94. The lowest BCUT2D eigenvalue weighted by atomic mass is 9.92. The second kappa shape index (κ2) is 5.84. The molecule has 0 saturated carbocycles. The number of carbonyl (C=O) groups excluding carboxylic acids is 1.